The van der Waals surface area contributed by atoms with E-state index in [0.717, 1.165) is 38.5 Å². The average molecular weight is 394 g/mol. The molecule has 1 N–H and O–H groups in total. The van der Waals surface area contributed by atoms with Gasteiger partial charge in [-0.3, -0.25) is 9.59 Å². The number of rotatable bonds is 16. The summed E-state index contributed by atoms with van der Waals surface area (Å²) in [5.41, 5.74) is 0. The Morgan fingerprint density at radius 3 is 2.29 bits per heavy atom. The molecule has 0 aromatic heterocycles. The Kier molecular flexibility index (Phi) is 14.3. The van der Waals surface area contributed by atoms with Crippen LogP contribution in [0.25, 0.3) is 0 Å². The maximum atomic E-state index is 11.8. The van der Waals surface area contributed by atoms with Crippen LogP contribution < -0.4 is 0 Å². The Labute approximate surface area is 170 Å². The van der Waals surface area contributed by atoms with Gasteiger partial charge in [0, 0.05) is 13.0 Å². The molecule has 0 saturated carbocycles. The smallest absolute Gasteiger partial charge is 0.325 e. The number of nitrogens with zero attached hydrogens (tertiary/aromatic N) is 1. The highest BCUT2D eigenvalue weighted by Crippen LogP contribution is 2.18. The van der Waals surface area contributed by atoms with Crippen LogP contribution in [0.3, 0.4) is 0 Å². The number of carbonyl (C=O) groups is 2. The van der Waals surface area contributed by atoms with Crippen molar-refractivity contribution < 1.29 is 19.5 Å². The molecule has 1 aliphatic heterocycles. The van der Waals surface area contributed by atoms with Crippen molar-refractivity contribution in [2.45, 2.75) is 103 Å². The molecule has 1 heterocycles. The molecule has 28 heavy (non-hydrogen) atoms. The molecule has 0 aliphatic carbocycles. The predicted molar refractivity (Wildman–Crippen MR) is 113 cm³/mol. The number of carboxylic acid groups (broad SMARTS) is 1. The van der Waals surface area contributed by atoms with Gasteiger partial charge in [0.2, 0.25) is 0 Å². The average Bonchev–Trinajstić information content (AvgIpc) is 3.13. The van der Waals surface area contributed by atoms with Crippen LogP contribution in [-0.2, 0) is 14.4 Å². The third-order valence-electron chi connectivity index (χ3n) is 5.04. The summed E-state index contributed by atoms with van der Waals surface area (Å²) in [7, 11) is 0. The van der Waals surface area contributed by atoms with Crippen LogP contribution in [0.4, 0.5) is 0 Å². The van der Waals surface area contributed by atoms with Gasteiger partial charge < -0.3 is 9.94 Å². The number of aliphatic carboxylic acids is 1. The second-order valence-corrected chi connectivity index (χ2v) is 7.58. The zero-order valence-electron chi connectivity index (χ0n) is 17.6. The van der Waals surface area contributed by atoms with Gasteiger partial charge in [0.05, 0.1) is 0 Å². The lowest BCUT2D eigenvalue weighted by molar-refractivity contribution is -0.199. The Morgan fingerprint density at radius 1 is 0.964 bits per heavy atom. The monoisotopic (exact) mass is 393 g/mol. The topological polar surface area (TPSA) is 66.8 Å². The molecule has 5 heteroatoms. The first kappa shape index (κ1) is 24.4. The molecule has 0 spiro atoms. The van der Waals surface area contributed by atoms with Crippen molar-refractivity contribution in [2.75, 3.05) is 6.54 Å². The van der Waals surface area contributed by atoms with Gasteiger partial charge in [-0.05, 0) is 51.4 Å². The van der Waals surface area contributed by atoms with Crippen molar-refractivity contribution in [3.63, 3.8) is 0 Å². The van der Waals surface area contributed by atoms with Gasteiger partial charge in [-0.25, -0.2) is 0 Å². The van der Waals surface area contributed by atoms with Crippen LogP contribution in [0.5, 0.6) is 0 Å². The normalized spacial score (nSPS) is 17.7. The van der Waals surface area contributed by atoms with E-state index >= 15 is 0 Å². The fourth-order valence-corrected chi connectivity index (χ4v) is 3.35. The Morgan fingerprint density at radius 2 is 1.61 bits per heavy atom. The highest BCUT2D eigenvalue weighted by Gasteiger charge is 2.33. The number of hydrogen-bond acceptors (Lipinski definition) is 4. The number of carbonyl (C=O) groups excluding carboxylic acids is 1. The van der Waals surface area contributed by atoms with Crippen molar-refractivity contribution in [2.24, 2.45) is 0 Å². The van der Waals surface area contributed by atoms with Gasteiger partial charge in [-0.2, -0.15) is 0 Å². The van der Waals surface area contributed by atoms with E-state index < -0.39 is 12.0 Å². The Hall–Kier alpha value is -1.62. The SMILES string of the molecule is CCCCC/C=C\C/C=C\CCCCCCCC(=O)ON1CCC[C@H]1C(=O)O. The maximum Gasteiger partial charge on any atom is 0.325 e. The number of hydroxylamine groups is 2. The number of carboxylic acids is 1. The van der Waals surface area contributed by atoms with Crippen LogP contribution in [0.2, 0.25) is 0 Å². The fraction of sp³-hybridized carbons (Fsp3) is 0.739. The first-order valence-corrected chi connectivity index (χ1v) is 11.2. The summed E-state index contributed by atoms with van der Waals surface area (Å²) in [6, 6.07) is -0.673. The zero-order valence-corrected chi connectivity index (χ0v) is 17.6. The van der Waals surface area contributed by atoms with Gasteiger partial charge in [-0.1, -0.05) is 63.3 Å². The Balaban J connectivity index is 1.91. The van der Waals surface area contributed by atoms with Crippen LogP contribution in [0, 0.1) is 0 Å². The van der Waals surface area contributed by atoms with E-state index in [1.54, 1.807) is 0 Å². The molecule has 1 saturated heterocycles. The number of allylic oxidation sites excluding steroid dienone is 4. The minimum Gasteiger partial charge on any atom is -0.480 e. The molecular weight excluding hydrogens is 354 g/mol. The lowest BCUT2D eigenvalue weighted by atomic mass is 10.1. The van der Waals surface area contributed by atoms with Crippen molar-refractivity contribution in [3.8, 4) is 0 Å². The van der Waals surface area contributed by atoms with Crippen molar-refractivity contribution in [1.82, 2.24) is 5.06 Å². The molecular formula is C23H39NO4. The van der Waals surface area contributed by atoms with Crippen LogP contribution in [0.15, 0.2) is 24.3 Å². The summed E-state index contributed by atoms with van der Waals surface area (Å²) in [4.78, 5) is 28.1. The quantitative estimate of drug-likeness (QED) is 0.265. The van der Waals surface area contributed by atoms with Gasteiger partial charge in [-0.15, -0.1) is 5.06 Å². The van der Waals surface area contributed by atoms with E-state index in [9.17, 15) is 9.59 Å². The third-order valence-corrected chi connectivity index (χ3v) is 5.04. The van der Waals surface area contributed by atoms with Gasteiger partial charge >= 0.3 is 11.9 Å². The molecule has 5 nitrogen and oxygen atoms in total. The van der Waals surface area contributed by atoms with Gasteiger partial charge in [0.25, 0.3) is 0 Å². The maximum absolute atomic E-state index is 11.8. The minimum atomic E-state index is -0.914. The van der Waals surface area contributed by atoms with Crippen LogP contribution in [-0.4, -0.2) is 34.7 Å². The standard InChI is InChI=1S/C23H39NO4/c1-2-3-4-5-6-7-8-9-10-11-12-13-14-15-16-19-22(25)28-24-20-17-18-21(24)23(26)27/h6-7,9-10,21H,2-5,8,11-20H2,1H3,(H,26,27)/b7-6-,10-9-/t21-/m0/s1. The first-order chi connectivity index (χ1) is 13.6. The summed E-state index contributed by atoms with van der Waals surface area (Å²) in [6.45, 7) is 2.75. The molecule has 0 aromatic carbocycles. The number of hydrogen-bond donors (Lipinski definition) is 1. The second kappa shape index (κ2) is 16.3. The van der Waals surface area contributed by atoms with E-state index in [1.807, 2.05) is 0 Å². The largest absolute Gasteiger partial charge is 0.480 e. The van der Waals surface area contributed by atoms with E-state index in [-0.39, 0.29) is 5.97 Å². The second-order valence-electron chi connectivity index (χ2n) is 7.58. The molecule has 1 aliphatic rings. The summed E-state index contributed by atoms with van der Waals surface area (Å²) >= 11 is 0. The lowest BCUT2D eigenvalue weighted by Gasteiger charge is -2.19. The molecule has 160 valence electrons. The van der Waals surface area contributed by atoms with E-state index in [1.165, 1.54) is 43.6 Å². The van der Waals surface area contributed by atoms with E-state index in [4.69, 9.17) is 9.94 Å². The van der Waals surface area contributed by atoms with Gasteiger partial charge in [0.15, 0.2) is 0 Å². The molecule has 0 unspecified atom stereocenters. The first-order valence-electron chi connectivity index (χ1n) is 11.2. The predicted octanol–water partition coefficient (Wildman–Crippen LogP) is 5.81. The van der Waals surface area contributed by atoms with Crippen molar-refractivity contribution >= 4 is 11.9 Å². The third kappa shape index (κ3) is 12.0. The molecule has 0 bridgehead atoms. The van der Waals surface area contributed by atoms with Crippen molar-refractivity contribution in [1.29, 1.82) is 0 Å². The molecule has 1 rings (SSSR count). The van der Waals surface area contributed by atoms with Crippen LogP contribution in [0.1, 0.15) is 96.8 Å². The highest BCUT2D eigenvalue weighted by molar-refractivity contribution is 5.74. The van der Waals surface area contributed by atoms with E-state index in [0.29, 0.717) is 19.4 Å². The molecule has 1 atom stereocenters. The summed E-state index contributed by atoms with van der Waals surface area (Å²) < 4.78 is 0. The number of unbranched alkanes of at least 4 members (excludes halogenated alkanes) is 8. The summed E-state index contributed by atoms with van der Waals surface area (Å²) in [5, 5.41) is 10.4. The highest BCUT2D eigenvalue weighted by atomic mass is 16.7. The summed E-state index contributed by atoms with van der Waals surface area (Å²) in [6.07, 6.45) is 23.3. The summed E-state index contributed by atoms with van der Waals surface area (Å²) in [5.74, 6) is -1.22. The van der Waals surface area contributed by atoms with E-state index in [2.05, 4.69) is 31.2 Å². The molecule has 0 amide bonds. The molecule has 0 aromatic rings. The minimum absolute atomic E-state index is 0.307. The fourth-order valence-electron chi connectivity index (χ4n) is 3.35. The van der Waals surface area contributed by atoms with Crippen LogP contribution >= 0.6 is 0 Å². The molecule has 1 fully saturated rings. The lowest BCUT2D eigenvalue weighted by Crippen LogP contribution is -2.37. The Bertz CT molecular complexity index is 487. The molecule has 0 radical (unpaired) electrons. The zero-order chi connectivity index (χ0) is 20.5. The van der Waals surface area contributed by atoms with Gasteiger partial charge in [0.1, 0.15) is 6.04 Å². The van der Waals surface area contributed by atoms with Crippen molar-refractivity contribution in [3.05, 3.63) is 24.3 Å².